The van der Waals surface area contributed by atoms with E-state index in [1.165, 1.54) is 0 Å². The number of aromatic nitrogens is 2. The lowest BCUT2D eigenvalue weighted by Gasteiger charge is -2.35. The SMILES string of the molecule is CCNC(=NCc1ccc(-n2cccn2)cc1)N1CCN(C(=O)OCC)CC1.I. The first-order chi connectivity index (χ1) is 13.7. The van der Waals surface area contributed by atoms with Crippen molar-refractivity contribution in [2.75, 3.05) is 39.3 Å². The monoisotopic (exact) mass is 512 g/mol. The van der Waals surface area contributed by atoms with E-state index < -0.39 is 0 Å². The van der Waals surface area contributed by atoms with Crippen molar-refractivity contribution in [1.29, 1.82) is 0 Å². The van der Waals surface area contributed by atoms with Gasteiger partial charge in [0, 0.05) is 45.1 Å². The maximum Gasteiger partial charge on any atom is 0.409 e. The molecule has 1 aliphatic heterocycles. The molecular formula is C20H29IN6O2. The molecule has 0 spiro atoms. The Morgan fingerprint density at radius 2 is 1.83 bits per heavy atom. The predicted octanol–water partition coefficient (Wildman–Crippen LogP) is 2.73. The summed E-state index contributed by atoms with van der Waals surface area (Å²) in [7, 11) is 0. The van der Waals surface area contributed by atoms with Crippen LogP contribution in [0.15, 0.2) is 47.7 Å². The highest BCUT2D eigenvalue weighted by Gasteiger charge is 2.23. The molecule has 158 valence electrons. The van der Waals surface area contributed by atoms with Crippen LogP contribution in [0.1, 0.15) is 19.4 Å². The third kappa shape index (κ3) is 6.34. The average Bonchev–Trinajstić information content (AvgIpc) is 3.27. The zero-order valence-corrected chi connectivity index (χ0v) is 19.3. The topological polar surface area (TPSA) is 75.0 Å². The first-order valence-electron chi connectivity index (χ1n) is 9.75. The van der Waals surface area contributed by atoms with Crippen LogP contribution < -0.4 is 5.32 Å². The zero-order chi connectivity index (χ0) is 19.8. The van der Waals surface area contributed by atoms with Gasteiger partial charge in [0.05, 0.1) is 18.8 Å². The van der Waals surface area contributed by atoms with E-state index in [9.17, 15) is 4.79 Å². The molecule has 0 bridgehead atoms. The number of piperazine rings is 1. The lowest BCUT2D eigenvalue weighted by molar-refractivity contribution is 0.0914. The average molecular weight is 512 g/mol. The minimum Gasteiger partial charge on any atom is -0.450 e. The van der Waals surface area contributed by atoms with Gasteiger partial charge in [0.15, 0.2) is 5.96 Å². The maximum absolute atomic E-state index is 11.9. The molecule has 0 radical (unpaired) electrons. The molecule has 9 heteroatoms. The lowest BCUT2D eigenvalue weighted by Crippen LogP contribution is -2.53. The summed E-state index contributed by atoms with van der Waals surface area (Å²) in [6.07, 6.45) is 3.45. The van der Waals surface area contributed by atoms with E-state index >= 15 is 0 Å². The van der Waals surface area contributed by atoms with Crippen LogP contribution in [0, 0.1) is 0 Å². The van der Waals surface area contributed by atoms with Crippen molar-refractivity contribution in [3.8, 4) is 5.69 Å². The van der Waals surface area contributed by atoms with E-state index in [2.05, 4.69) is 34.4 Å². The number of hydrogen-bond donors (Lipinski definition) is 1. The van der Waals surface area contributed by atoms with Gasteiger partial charge in [0.1, 0.15) is 0 Å². The molecule has 2 heterocycles. The molecule has 0 unspecified atom stereocenters. The van der Waals surface area contributed by atoms with Crippen molar-refractivity contribution in [1.82, 2.24) is 24.9 Å². The Balaban J connectivity index is 0.00000300. The Morgan fingerprint density at radius 3 is 2.41 bits per heavy atom. The molecule has 1 aliphatic rings. The van der Waals surface area contributed by atoms with Gasteiger partial charge in [-0.05, 0) is 37.6 Å². The second kappa shape index (κ2) is 11.6. The number of nitrogens with one attached hydrogen (secondary N) is 1. The van der Waals surface area contributed by atoms with E-state index in [1.54, 1.807) is 11.1 Å². The number of amides is 1. The maximum atomic E-state index is 11.9. The number of guanidine groups is 1. The van der Waals surface area contributed by atoms with Gasteiger partial charge in [0.2, 0.25) is 0 Å². The number of hydrogen-bond acceptors (Lipinski definition) is 4. The van der Waals surface area contributed by atoms with Crippen molar-refractivity contribution >= 4 is 36.0 Å². The summed E-state index contributed by atoms with van der Waals surface area (Å²) >= 11 is 0. The van der Waals surface area contributed by atoms with Gasteiger partial charge in [0.25, 0.3) is 0 Å². The van der Waals surface area contributed by atoms with E-state index in [0.29, 0.717) is 26.2 Å². The zero-order valence-electron chi connectivity index (χ0n) is 17.0. The molecule has 0 aliphatic carbocycles. The predicted molar refractivity (Wildman–Crippen MR) is 124 cm³/mol. The fourth-order valence-corrected chi connectivity index (χ4v) is 3.08. The molecule has 1 fully saturated rings. The number of carbonyl (C=O) groups is 1. The molecule has 3 rings (SSSR count). The highest BCUT2D eigenvalue weighted by molar-refractivity contribution is 14.0. The van der Waals surface area contributed by atoms with E-state index in [4.69, 9.17) is 9.73 Å². The minimum absolute atomic E-state index is 0. The molecule has 1 N–H and O–H groups in total. The molecule has 1 aromatic heterocycles. The fraction of sp³-hybridized carbons (Fsp3) is 0.450. The smallest absolute Gasteiger partial charge is 0.409 e. The van der Waals surface area contributed by atoms with Crippen LogP contribution in [0.5, 0.6) is 0 Å². The Labute approximate surface area is 188 Å². The molecule has 0 atom stereocenters. The van der Waals surface area contributed by atoms with Gasteiger partial charge >= 0.3 is 6.09 Å². The van der Waals surface area contributed by atoms with Crippen LogP contribution in [-0.4, -0.2) is 71.0 Å². The lowest BCUT2D eigenvalue weighted by atomic mass is 10.2. The third-order valence-corrected chi connectivity index (χ3v) is 4.56. The standard InChI is InChI=1S/C20H28N6O2.HI/c1-3-21-19(24-12-14-25(15-13-24)20(27)28-4-2)22-16-17-6-8-18(9-7-17)26-11-5-10-23-26;/h5-11H,3-4,12-16H2,1-2H3,(H,21,22);1H. The second-order valence-electron chi connectivity index (χ2n) is 6.46. The molecule has 29 heavy (non-hydrogen) atoms. The van der Waals surface area contributed by atoms with Crippen molar-refractivity contribution in [2.45, 2.75) is 20.4 Å². The minimum atomic E-state index is -0.235. The number of ether oxygens (including phenoxy) is 1. The Bertz CT molecular complexity index is 771. The van der Waals surface area contributed by atoms with Gasteiger partial charge in [-0.15, -0.1) is 24.0 Å². The Hall–Kier alpha value is -2.30. The van der Waals surface area contributed by atoms with E-state index in [0.717, 1.165) is 36.8 Å². The van der Waals surface area contributed by atoms with Gasteiger partial charge in [-0.1, -0.05) is 12.1 Å². The number of rotatable bonds is 5. The van der Waals surface area contributed by atoms with Crippen LogP contribution in [0.4, 0.5) is 4.79 Å². The van der Waals surface area contributed by atoms with Crippen LogP contribution in [0.3, 0.4) is 0 Å². The number of benzene rings is 1. The number of halogens is 1. The summed E-state index contributed by atoms with van der Waals surface area (Å²) in [6.45, 7) is 8.45. The summed E-state index contributed by atoms with van der Waals surface area (Å²) in [5.41, 5.74) is 2.16. The van der Waals surface area contributed by atoms with Crippen molar-refractivity contribution < 1.29 is 9.53 Å². The largest absolute Gasteiger partial charge is 0.450 e. The van der Waals surface area contributed by atoms with Crippen molar-refractivity contribution in [3.63, 3.8) is 0 Å². The third-order valence-electron chi connectivity index (χ3n) is 4.56. The fourth-order valence-electron chi connectivity index (χ4n) is 3.08. The van der Waals surface area contributed by atoms with Gasteiger partial charge < -0.3 is 19.9 Å². The van der Waals surface area contributed by atoms with Gasteiger partial charge in [-0.2, -0.15) is 5.10 Å². The summed E-state index contributed by atoms with van der Waals surface area (Å²) in [4.78, 5) is 20.6. The quantitative estimate of drug-likeness (QED) is 0.379. The number of aliphatic imine (C=N–C) groups is 1. The normalized spacial score (nSPS) is 14.3. The highest BCUT2D eigenvalue weighted by atomic mass is 127. The molecule has 1 amide bonds. The van der Waals surface area contributed by atoms with Crippen molar-refractivity contribution in [3.05, 3.63) is 48.3 Å². The summed E-state index contributed by atoms with van der Waals surface area (Å²) in [6, 6.07) is 10.1. The first kappa shape index (κ1) is 23.0. The second-order valence-corrected chi connectivity index (χ2v) is 6.46. The molecular weight excluding hydrogens is 483 g/mol. The first-order valence-corrected chi connectivity index (χ1v) is 9.75. The molecule has 1 saturated heterocycles. The highest BCUT2D eigenvalue weighted by Crippen LogP contribution is 2.10. The van der Waals surface area contributed by atoms with Gasteiger partial charge in [-0.25, -0.2) is 14.5 Å². The number of carbonyl (C=O) groups excluding carboxylic acids is 1. The Morgan fingerprint density at radius 1 is 1.14 bits per heavy atom. The summed E-state index contributed by atoms with van der Waals surface area (Å²) in [5, 5.41) is 7.59. The van der Waals surface area contributed by atoms with Gasteiger partial charge in [-0.3, -0.25) is 0 Å². The van der Waals surface area contributed by atoms with Crippen molar-refractivity contribution in [2.24, 2.45) is 4.99 Å². The van der Waals surface area contributed by atoms with E-state index in [1.807, 2.05) is 36.0 Å². The molecule has 0 saturated carbocycles. The van der Waals surface area contributed by atoms with Crippen LogP contribution in [0.2, 0.25) is 0 Å². The molecule has 2 aromatic rings. The van der Waals surface area contributed by atoms with Crippen LogP contribution in [0.25, 0.3) is 5.69 Å². The van der Waals surface area contributed by atoms with Crippen LogP contribution in [-0.2, 0) is 11.3 Å². The van der Waals surface area contributed by atoms with E-state index in [-0.39, 0.29) is 30.1 Å². The molecule has 8 nitrogen and oxygen atoms in total. The molecule has 1 aromatic carbocycles. The summed E-state index contributed by atoms with van der Waals surface area (Å²) in [5.74, 6) is 0.877. The summed E-state index contributed by atoms with van der Waals surface area (Å²) < 4.78 is 6.92. The Kier molecular flexibility index (Phi) is 9.23. The van der Waals surface area contributed by atoms with Crippen LogP contribution >= 0.6 is 24.0 Å². The number of nitrogens with zero attached hydrogens (tertiary/aromatic N) is 5.